The maximum atomic E-state index is 12.6. The van der Waals surface area contributed by atoms with Gasteiger partial charge in [0.05, 0.1) is 10.6 Å². The summed E-state index contributed by atoms with van der Waals surface area (Å²) < 4.78 is 0. The lowest BCUT2D eigenvalue weighted by atomic mass is 10.00. The summed E-state index contributed by atoms with van der Waals surface area (Å²) in [5.41, 5.74) is 3.58. The summed E-state index contributed by atoms with van der Waals surface area (Å²) >= 11 is 1.47. The zero-order valence-corrected chi connectivity index (χ0v) is 16.6. The summed E-state index contributed by atoms with van der Waals surface area (Å²) in [7, 11) is 0. The second-order valence-electron chi connectivity index (χ2n) is 7.29. The minimum absolute atomic E-state index is 0.00315. The topological polar surface area (TPSA) is 74.8 Å². The predicted octanol–water partition coefficient (Wildman–Crippen LogP) is 3.73. The van der Waals surface area contributed by atoms with Crippen molar-refractivity contribution >= 4 is 17.2 Å². The van der Waals surface area contributed by atoms with Crippen LogP contribution in [0.2, 0.25) is 0 Å². The van der Waals surface area contributed by atoms with Crippen LogP contribution in [0.15, 0.2) is 46.6 Å². The van der Waals surface area contributed by atoms with Gasteiger partial charge in [0.25, 0.3) is 11.5 Å². The largest absolute Gasteiger partial charge is 0.351 e. The molecule has 0 bridgehead atoms. The lowest BCUT2D eigenvalue weighted by molar-refractivity contribution is 0.0949. The van der Waals surface area contributed by atoms with Gasteiger partial charge in [-0.25, -0.2) is 4.98 Å². The number of carbonyl (C=O) groups excluding carboxylic acids is 1. The lowest BCUT2D eigenvalue weighted by Crippen LogP contribution is -2.29. The van der Waals surface area contributed by atoms with Crippen LogP contribution < -0.4 is 10.9 Å². The van der Waals surface area contributed by atoms with Crippen molar-refractivity contribution in [3.63, 3.8) is 0 Å². The first-order valence-corrected chi connectivity index (χ1v) is 10.5. The number of aromatic nitrogens is 2. The number of hydrogen-bond acceptors (Lipinski definition) is 4. The molecule has 0 spiro atoms. The highest BCUT2D eigenvalue weighted by Gasteiger charge is 2.21. The number of aryl methyl sites for hydroxylation is 2. The molecule has 1 aliphatic carbocycles. The predicted molar refractivity (Wildman–Crippen MR) is 112 cm³/mol. The number of benzene rings is 1. The Morgan fingerprint density at radius 1 is 1.21 bits per heavy atom. The molecule has 0 saturated carbocycles. The average molecular weight is 394 g/mol. The average Bonchev–Trinajstić information content (AvgIpc) is 3.03. The number of nitrogens with zero attached hydrogens (tertiary/aromatic N) is 1. The summed E-state index contributed by atoms with van der Waals surface area (Å²) in [4.78, 5) is 33.4. The van der Waals surface area contributed by atoms with Crippen molar-refractivity contribution in [2.24, 2.45) is 5.92 Å². The number of fused-ring (bicyclic) bond motifs is 1. The van der Waals surface area contributed by atoms with Crippen LogP contribution in [0.4, 0.5) is 0 Å². The normalized spacial score (nSPS) is 16.2. The van der Waals surface area contributed by atoms with Crippen LogP contribution >= 0.6 is 11.3 Å². The molecular formula is C22H23N3O2S. The number of carbonyl (C=O) groups is 1. The Morgan fingerprint density at radius 2 is 2.00 bits per heavy atom. The van der Waals surface area contributed by atoms with E-state index in [2.05, 4.69) is 10.3 Å². The lowest BCUT2D eigenvalue weighted by Gasteiger charge is -2.14. The zero-order chi connectivity index (χ0) is 19.5. The SMILES string of the molecule is Cc1ccsc1C(=O)NCC1CCc2nc(-c3ccccc3)[nH]c(=O)c2CC1. The van der Waals surface area contributed by atoms with Crippen molar-refractivity contribution in [2.45, 2.75) is 32.6 Å². The highest BCUT2D eigenvalue weighted by molar-refractivity contribution is 7.12. The Balaban J connectivity index is 1.45. The Kier molecular flexibility index (Phi) is 5.39. The first-order valence-electron chi connectivity index (χ1n) is 9.61. The van der Waals surface area contributed by atoms with E-state index in [0.29, 0.717) is 24.7 Å². The molecule has 3 aromatic rings. The van der Waals surface area contributed by atoms with E-state index in [1.807, 2.05) is 48.7 Å². The monoisotopic (exact) mass is 393 g/mol. The van der Waals surface area contributed by atoms with Crippen molar-refractivity contribution in [1.29, 1.82) is 0 Å². The molecule has 6 heteroatoms. The van der Waals surface area contributed by atoms with Crippen molar-refractivity contribution in [3.05, 3.63) is 73.8 Å². The van der Waals surface area contributed by atoms with E-state index in [1.165, 1.54) is 11.3 Å². The van der Waals surface area contributed by atoms with Gasteiger partial charge in [-0.3, -0.25) is 9.59 Å². The second-order valence-corrected chi connectivity index (χ2v) is 8.21. The van der Waals surface area contributed by atoms with Crippen LogP contribution in [0.3, 0.4) is 0 Å². The molecule has 1 amide bonds. The number of H-pyrrole nitrogens is 1. The van der Waals surface area contributed by atoms with Crippen LogP contribution in [0, 0.1) is 12.8 Å². The van der Waals surface area contributed by atoms with Crippen molar-refractivity contribution in [1.82, 2.24) is 15.3 Å². The van der Waals surface area contributed by atoms with Gasteiger partial charge in [-0.1, -0.05) is 30.3 Å². The molecule has 4 rings (SSSR count). The molecular weight excluding hydrogens is 370 g/mol. The van der Waals surface area contributed by atoms with Crippen LogP contribution in [0.25, 0.3) is 11.4 Å². The second kappa shape index (κ2) is 8.10. The fourth-order valence-corrected chi connectivity index (χ4v) is 4.54. The molecule has 28 heavy (non-hydrogen) atoms. The summed E-state index contributed by atoms with van der Waals surface area (Å²) in [6, 6.07) is 11.7. The number of hydrogen-bond donors (Lipinski definition) is 2. The van der Waals surface area contributed by atoms with E-state index in [4.69, 9.17) is 4.98 Å². The first-order chi connectivity index (χ1) is 13.6. The van der Waals surface area contributed by atoms with Crippen LogP contribution in [-0.2, 0) is 12.8 Å². The van der Waals surface area contributed by atoms with Crippen molar-refractivity contribution in [2.75, 3.05) is 6.54 Å². The maximum absolute atomic E-state index is 12.6. The van der Waals surface area contributed by atoms with E-state index in [1.54, 1.807) is 0 Å². The minimum Gasteiger partial charge on any atom is -0.351 e. The van der Waals surface area contributed by atoms with E-state index >= 15 is 0 Å². The van der Waals surface area contributed by atoms with Gasteiger partial charge in [-0.2, -0.15) is 0 Å². The first kappa shape index (κ1) is 18.6. The molecule has 2 aromatic heterocycles. The van der Waals surface area contributed by atoms with E-state index in [9.17, 15) is 9.59 Å². The highest BCUT2D eigenvalue weighted by Crippen LogP contribution is 2.23. The molecule has 0 fully saturated rings. The Morgan fingerprint density at radius 3 is 2.75 bits per heavy atom. The van der Waals surface area contributed by atoms with Crippen LogP contribution in [-0.4, -0.2) is 22.4 Å². The van der Waals surface area contributed by atoms with Crippen LogP contribution in [0.1, 0.15) is 39.3 Å². The standard InChI is InChI=1S/C22H23N3O2S/c1-14-11-12-28-19(14)22(27)23-13-15-7-9-17-18(10-8-15)24-20(25-21(17)26)16-5-3-2-4-6-16/h2-6,11-12,15H,7-10,13H2,1H3,(H,23,27)(H,24,25,26). The van der Waals surface area contributed by atoms with Crippen molar-refractivity contribution in [3.8, 4) is 11.4 Å². The molecule has 1 unspecified atom stereocenters. The van der Waals surface area contributed by atoms with Gasteiger partial charge in [0, 0.05) is 17.7 Å². The van der Waals surface area contributed by atoms with Gasteiger partial charge < -0.3 is 10.3 Å². The number of thiophene rings is 1. The third kappa shape index (κ3) is 3.92. The van der Waals surface area contributed by atoms with Gasteiger partial charge in [0.1, 0.15) is 5.82 Å². The number of rotatable bonds is 4. The molecule has 1 aromatic carbocycles. The van der Waals surface area contributed by atoms with E-state index in [-0.39, 0.29) is 11.5 Å². The van der Waals surface area contributed by atoms with E-state index in [0.717, 1.165) is 46.5 Å². The van der Waals surface area contributed by atoms with E-state index < -0.39 is 0 Å². The third-order valence-corrected chi connectivity index (χ3v) is 6.38. The summed E-state index contributed by atoms with van der Waals surface area (Å²) in [6.45, 7) is 2.59. The quantitative estimate of drug-likeness (QED) is 0.663. The molecule has 0 aliphatic heterocycles. The molecule has 1 aliphatic rings. The zero-order valence-electron chi connectivity index (χ0n) is 15.8. The smallest absolute Gasteiger partial charge is 0.261 e. The molecule has 2 N–H and O–H groups in total. The maximum Gasteiger partial charge on any atom is 0.261 e. The number of aromatic amines is 1. The molecule has 5 nitrogen and oxygen atoms in total. The minimum atomic E-state index is -0.0391. The van der Waals surface area contributed by atoms with Gasteiger partial charge in [0.15, 0.2) is 0 Å². The fourth-order valence-electron chi connectivity index (χ4n) is 3.70. The molecule has 2 heterocycles. The molecule has 0 saturated heterocycles. The fraction of sp³-hybridized carbons (Fsp3) is 0.318. The Hall–Kier alpha value is -2.73. The van der Waals surface area contributed by atoms with Crippen LogP contribution in [0.5, 0.6) is 0 Å². The van der Waals surface area contributed by atoms with Gasteiger partial charge in [0.2, 0.25) is 0 Å². The van der Waals surface area contributed by atoms with Gasteiger partial charge in [-0.05, 0) is 55.5 Å². The molecule has 0 radical (unpaired) electrons. The summed E-state index contributed by atoms with van der Waals surface area (Å²) in [6.07, 6.45) is 3.26. The number of nitrogens with one attached hydrogen (secondary N) is 2. The highest BCUT2D eigenvalue weighted by atomic mass is 32.1. The summed E-state index contributed by atoms with van der Waals surface area (Å²) in [5.74, 6) is 0.971. The van der Waals surface area contributed by atoms with Crippen molar-refractivity contribution < 1.29 is 4.79 Å². The third-order valence-electron chi connectivity index (χ3n) is 5.36. The molecule has 1 atom stereocenters. The number of amides is 1. The Bertz CT molecular complexity index is 1040. The van der Waals surface area contributed by atoms with Gasteiger partial charge in [-0.15, -0.1) is 11.3 Å². The Labute approximate surface area is 167 Å². The van der Waals surface area contributed by atoms with Gasteiger partial charge >= 0.3 is 0 Å². The molecule has 144 valence electrons. The summed E-state index contributed by atoms with van der Waals surface area (Å²) in [5, 5.41) is 5.01.